The number of halogens is 2. The first kappa shape index (κ1) is 24.5. The second-order valence-corrected chi connectivity index (χ2v) is 8.83. The molecule has 1 saturated heterocycles. The summed E-state index contributed by atoms with van der Waals surface area (Å²) in [7, 11) is 3.88. The molecule has 32 heavy (non-hydrogen) atoms. The molecule has 1 aliphatic rings. The van der Waals surface area contributed by atoms with Crippen LogP contribution in [-0.4, -0.2) is 79.8 Å². The average Bonchev–Trinajstić information content (AvgIpc) is 3.42. The molecule has 8 nitrogen and oxygen atoms in total. The predicted molar refractivity (Wildman–Crippen MR) is 123 cm³/mol. The zero-order valence-electron chi connectivity index (χ0n) is 18.3. The highest BCUT2D eigenvalue weighted by Crippen LogP contribution is 2.31. The van der Waals surface area contributed by atoms with Gasteiger partial charge < -0.3 is 24.4 Å². The quantitative estimate of drug-likeness (QED) is 0.558. The highest BCUT2D eigenvalue weighted by molar-refractivity contribution is 6.36. The summed E-state index contributed by atoms with van der Waals surface area (Å²) in [5, 5.41) is 7.71. The van der Waals surface area contributed by atoms with Crippen molar-refractivity contribution in [1.82, 2.24) is 20.3 Å². The molecule has 2 aromatic rings. The van der Waals surface area contributed by atoms with Crippen molar-refractivity contribution in [2.24, 2.45) is 0 Å². The highest BCUT2D eigenvalue weighted by atomic mass is 35.5. The van der Waals surface area contributed by atoms with Gasteiger partial charge in [0.15, 0.2) is 11.5 Å². The van der Waals surface area contributed by atoms with Crippen molar-refractivity contribution < 1.29 is 18.8 Å². The second kappa shape index (κ2) is 11.7. The standard InChI is InChI=1S/C22H28Cl2N4O4/c1-27(2)10-8-25-21(29)7-9-28(14-16-4-3-11-31-16)22(30)19-13-20(32-26-19)17-6-5-15(23)12-18(17)24/h5-6,12-13,16H,3-4,7-11,14H2,1-2H3,(H,25,29)/t16-/m0/s1. The molecule has 1 aromatic carbocycles. The number of aromatic nitrogens is 1. The lowest BCUT2D eigenvalue weighted by Gasteiger charge is -2.24. The number of nitrogens with one attached hydrogen (secondary N) is 1. The summed E-state index contributed by atoms with van der Waals surface area (Å²) in [6, 6.07) is 6.55. The molecule has 1 fully saturated rings. The van der Waals surface area contributed by atoms with Crippen LogP contribution in [0.15, 0.2) is 28.8 Å². The van der Waals surface area contributed by atoms with E-state index in [1.807, 2.05) is 19.0 Å². The SMILES string of the molecule is CN(C)CCNC(=O)CCN(C[C@@H]1CCCO1)C(=O)c1cc(-c2ccc(Cl)cc2Cl)on1. The van der Waals surface area contributed by atoms with Crippen molar-refractivity contribution in [2.75, 3.05) is 46.9 Å². The van der Waals surface area contributed by atoms with Crippen molar-refractivity contribution >= 4 is 35.0 Å². The van der Waals surface area contributed by atoms with Crippen molar-refractivity contribution in [3.63, 3.8) is 0 Å². The molecule has 0 spiro atoms. The van der Waals surface area contributed by atoms with E-state index in [1.165, 1.54) is 0 Å². The zero-order valence-corrected chi connectivity index (χ0v) is 19.8. The summed E-state index contributed by atoms with van der Waals surface area (Å²) in [6.07, 6.45) is 1.98. The number of carbonyl (C=O) groups is 2. The topological polar surface area (TPSA) is 87.9 Å². The minimum atomic E-state index is -0.318. The van der Waals surface area contributed by atoms with E-state index in [9.17, 15) is 9.59 Å². The van der Waals surface area contributed by atoms with E-state index in [1.54, 1.807) is 29.2 Å². The summed E-state index contributed by atoms with van der Waals surface area (Å²) in [5.74, 6) is -0.0547. The molecule has 1 atom stereocenters. The molecule has 0 unspecified atom stereocenters. The smallest absolute Gasteiger partial charge is 0.276 e. The van der Waals surface area contributed by atoms with Gasteiger partial charge in [-0.1, -0.05) is 28.4 Å². The number of nitrogens with zero attached hydrogens (tertiary/aromatic N) is 3. The van der Waals surface area contributed by atoms with Gasteiger partial charge in [-0.2, -0.15) is 0 Å². The summed E-state index contributed by atoms with van der Waals surface area (Å²) >= 11 is 12.2. The van der Waals surface area contributed by atoms with E-state index >= 15 is 0 Å². The molecule has 0 saturated carbocycles. The van der Waals surface area contributed by atoms with Crippen molar-refractivity contribution in [3.8, 4) is 11.3 Å². The lowest BCUT2D eigenvalue weighted by atomic mass is 10.1. The fourth-order valence-electron chi connectivity index (χ4n) is 3.41. The van der Waals surface area contributed by atoms with Gasteiger partial charge in [-0.05, 0) is 45.1 Å². The van der Waals surface area contributed by atoms with E-state index in [0.29, 0.717) is 41.1 Å². The van der Waals surface area contributed by atoms with Gasteiger partial charge in [0.25, 0.3) is 5.91 Å². The van der Waals surface area contributed by atoms with Gasteiger partial charge in [-0.25, -0.2) is 0 Å². The van der Waals surface area contributed by atoms with Crippen molar-refractivity contribution in [2.45, 2.75) is 25.4 Å². The van der Waals surface area contributed by atoms with Gasteiger partial charge in [0.05, 0.1) is 11.1 Å². The minimum Gasteiger partial charge on any atom is -0.376 e. The van der Waals surface area contributed by atoms with Crippen LogP contribution in [0.5, 0.6) is 0 Å². The first-order chi connectivity index (χ1) is 15.3. The molecular weight excluding hydrogens is 455 g/mol. The van der Waals surface area contributed by atoms with Crippen molar-refractivity contribution in [3.05, 3.63) is 40.0 Å². The molecular formula is C22H28Cl2N4O4. The molecule has 0 radical (unpaired) electrons. The Bertz CT molecular complexity index is 928. The van der Waals surface area contributed by atoms with Gasteiger partial charge >= 0.3 is 0 Å². The fraction of sp³-hybridized carbons (Fsp3) is 0.500. The molecule has 2 heterocycles. The summed E-state index contributed by atoms with van der Waals surface area (Å²) in [6.45, 7) is 2.64. The number of amides is 2. The third-order valence-corrected chi connectivity index (χ3v) is 5.70. The maximum absolute atomic E-state index is 13.2. The number of ether oxygens (including phenoxy) is 1. The summed E-state index contributed by atoms with van der Waals surface area (Å²) in [5.41, 5.74) is 0.741. The second-order valence-electron chi connectivity index (χ2n) is 7.99. The molecule has 2 amide bonds. The van der Waals surface area contributed by atoms with E-state index in [0.717, 1.165) is 19.4 Å². The lowest BCUT2D eigenvalue weighted by Crippen LogP contribution is -2.40. The molecule has 174 valence electrons. The van der Waals surface area contributed by atoms with Crippen LogP contribution in [0.25, 0.3) is 11.3 Å². The van der Waals surface area contributed by atoms with Crippen LogP contribution < -0.4 is 5.32 Å². The molecule has 1 N–H and O–H groups in total. The summed E-state index contributed by atoms with van der Waals surface area (Å²) in [4.78, 5) is 29.0. The number of hydrogen-bond donors (Lipinski definition) is 1. The number of rotatable bonds is 10. The average molecular weight is 483 g/mol. The van der Waals surface area contributed by atoms with Gasteiger partial charge in [-0.3, -0.25) is 9.59 Å². The van der Waals surface area contributed by atoms with Crippen LogP contribution in [0.4, 0.5) is 0 Å². The Balaban J connectivity index is 1.67. The molecule has 0 aliphatic carbocycles. The van der Waals surface area contributed by atoms with Crippen LogP contribution in [0, 0.1) is 0 Å². The van der Waals surface area contributed by atoms with Crippen LogP contribution in [0.1, 0.15) is 29.8 Å². The fourth-order valence-corrected chi connectivity index (χ4v) is 3.91. The molecule has 10 heteroatoms. The zero-order chi connectivity index (χ0) is 23.1. The van der Waals surface area contributed by atoms with Crippen LogP contribution in [0.2, 0.25) is 10.0 Å². The first-order valence-electron chi connectivity index (χ1n) is 10.6. The Morgan fingerprint density at radius 2 is 2.03 bits per heavy atom. The molecule has 1 aromatic heterocycles. The third-order valence-electron chi connectivity index (χ3n) is 5.15. The lowest BCUT2D eigenvalue weighted by molar-refractivity contribution is -0.121. The van der Waals surface area contributed by atoms with E-state index in [4.69, 9.17) is 32.5 Å². The van der Waals surface area contributed by atoms with Crippen LogP contribution in [0.3, 0.4) is 0 Å². The van der Waals surface area contributed by atoms with Gasteiger partial charge in [-0.15, -0.1) is 0 Å². The maximum atomic E-state index is 13.2. The van der Waals surface area contributed by atoms with E-state index < -0.39 is 0 Å². The number of hydrogen-bond acceptors (Lipinski definition) is 6. The Morgan fingerprint density at radius 3 is 2.72 bits per heavy atom. The van der Waals surface area contributed by atoms with Crippen LogP contribution in [-0.2, 0) is 9.53 Å². The minimum absolute atomic E-state index is 0.0483. The summed E-state index contributed by atoms with van der Waals surface area (Å²) < 4.78 is 11.1. The van der Waals surface area contributed by atoms with Crippen molar-refractivity contribution in [1.29, 1.82) is 0 Å². The Kier molecular flexibility index (Phi) is 8.92. The van der Waals surface area contributed by atoms with Gasteiger partial charge in [0.2, 0.25) is 5.91 Å². The number of carbonyl (C=O) groups excluding carboxylic acids is 2. The normalized spacial score (nSPS) is 15.8. The predicted octanol–water partition coefficient (Wildman–Crippen LogP) is 3.34. The number of likely N-dealkylation sites (N-methyl/N-ethyl adjacent to an activating group) is 1. The molecule has 3 rings (SSSR count). The van der Waals surface area contributed by atoms with E-state index in [2.05, 4.69) is 10.5 Å². The number of benzene rings is 1. The van der Waals surface area contributed by atoms with Crippen LogP contribution >= 0.6 is 23.2 Å². The highest BCUT2D eigenvalue weighted by Gasteiger charge is 2.26. The Morgan fingerprint density at radius 1 is 1.22 bits per heavy atom. The third kappa shape index (κ3) is 6.93. The van der Waals surface area contributed by atoms with Gasteiger partial charge in [0.1, 0.15) is 0 Å². The maximum Gasteiger partial charge on any atom is 0.276 e. The largest absolute Gasteiger partial charge is 0.376 e. The molecule has 0 bridgehead atoms. The Labute approximate surface area is 197 Å². The molecule has 1 aliphatic heterocycles. The van der Waals surface area contributed by atoms with E-state index in [-0.39, 0.29) is 36.6 Å². The monoisotopic (exact) mass is 482 g/mol. The first-order valence-corrected chi connectivity index (χ1v) is 11.3. The van der Waals surface area contributed by atoms with Gasteiger partial charge in [0, 0.05) is 55.9 Å². The Hall–Kier alpha value is -2.13.